The molecular weight excluding hydrogens is 463 g/mol. The van der Waals surface area contributed by atoms with Crippen LogP contribution in [0.4, 0.5) is 0 Å². The first-order valence-electron chi connectivity index (χ1n) is 7.70. The Morgan fingerprint density at radius 3 is 2.38 bits per heavy atom. The molecule has 0 unspecified atom stereocenters. The lowest BCUT2D eigenvalue weighted by Crippen LogP contribution is -2.38. The highest BCUT2D eigenvalue weighted by Gasteiger charge is 2.04. The second kappa shape index (κ2) is 12.7. The monoisotopic (exact) mass is 488 g/mol. The van der Waals surface area contributed by atoms with Crippen molar-refractivity contribution in [1.82, 2.24) is 15.4 Å². The van der Waals surface area contributed by atoms with E-state index in [1.54, 1.807) is 6.92 Å². The molecule has 1 aromatic rings. The molecule has 9 heteroatoms. The minimum Gasteiger partial charge on any atom is -0.357 e. The molecule has 1 aromatic carbocycles. The lowest BCUT2D eigenvalue weighted by Gasteiger charge is -2.11. The minimum atomic E-state index is -3.11. The largest absolute Gasteiger partial charge is 0.357 e. The fourth-order valence-corrected chi connectivity index (χ4v) is 2.51. The van der Waals surface area contributed by atoms with Gasteiger partial charge in [0.2, 0.25) is 10.0 Å². The maximum atomic E-state index is 11.3. The van der Waals surface area contributed by atoms with Gasteiger partial charge in [0, 0.05) is 24.7 Å². The summed E-state index contributed by atoms with van der Waals surface area (Å²) in [6.45, 7) is 5.98. The third-order valence-electron chi connectivity index (χ3n) is 3.03. The predicted octanol–water partition coefficient (Wildman–Crippen LogP) is 2.34. The third kappa shape index (κ3) is 10.3. The highest BCUT2D eigenvalue weighted by Crippen LogP contribution is 2.10. The van der Waals surface area contributed by atoms with Gasteiger partial charge < -0.3 is 10.6 Å². The van der Waals surface area contributed by atoms with Crippen molar-refractivity contribution in [1.29, 1.82) is 0 Å². The molecule has 0 aliphatic rings. The molecule has 0 radical (unpaired) electrons. The van der Waals surface area contributed by atoms with Crippen LogP contribution in [-0.2, 0) is 16.6 Å². The van der Waals surface area contributed by atoms with E-state index in [-0.39, 0.29) is 29.7 Å². The molecule has 0 saturated carbocycles. The predicted molar refractivity (Wildman–Crippen MR) is 112 cm³/mol. The Morgan fingerprint density at radius 2 is 1.79 bits per heavy atom. The first-order valence-corrected chi connectivity index (χ1v) is 9.73. The molecule has 0 bridgehead atoms. The summed E-state index contributed by atoms with van der Waals surface area (Å²) in [6, 6.07) is 7.56. The van der Waals surface area contributed by atoms with Crippen molar-refractivity contribution < 1.29 is 8.42 Å². The number of nitrogens with zero attached hydrogens (tertiary/aromatic N) is 1. The molecule has 0 aliphatic heterocycles. The van der Waals surface area contributed by atoms with E-state index in [0.717, 1.165) is 12.1 Å². The van der Waals surface area contributed by atoms with Gasteiger partial charge >= 0.3 is 0 Å². The molecule has 0 fully saturated rings. The molecule has 0 heterocycles. The molecule has 6 nitrogen and oxygen atoms in total. The van der Waals surface area contributed by atoms with Gasteiger partial charge in [0.05, 0.1) is 12.3 Å². The van der Waals surface area contributed by atoms with Crippen LogP contribution in [0.15, 0.2) is 29.3 Å². The summed E-state index contributed by atoms with van der Waals surface area (Å²) in [5.74, 6) is 0.812. The second-order valence-corrected chi connectivity index (χ2v) is 7.43. The fourth-order valence-electron chi connectivity index (χ4n) is 1.73. The summed E-state index contributed by atoms with van der Waals surface area (Å²) < 4.78 is 25.1. The number of sulfonamides is 1. The zero-order chi connectivity index (χ0) is 17.1. The Hall–Kier alpha value is -0.580. The first-order chi connectivity index (χ1) is 11.0. The normalized spacial score (nSPS) is 11.7. The number of hydrogen-bond acceptors (Lipinski definition) is 3. The van der Waals surface area contributed by atoms with E-state index < -0.39 is 10.0 Å². The van der Waals surface area contributed by atoms with Crippen molar-refractivity contribution in [3.05, 3.63) is 34.9 Å². The quantitative estimate of drug-likeness (QED) is 0.216. The van der Waals surface area contributed by atoms with Crippen LogP contribution < -0.4 is 15.4 Å². The smallest absolute Gasteiger partial charge is 0.211 e. The third-order valence-corrected chi connectivity index (χ3v) is 4.68. The van der Waals surface area contributed by atoms with Crippen molar-refractivity contribution >= 4 is 51.6 Å². The van der Waals surface area contributed by atoms with E-state index in [1.165, 1.54) is 0 Å². The zero-order valence-corrected chi connectivity index (χ0v) is 17.9. The summed E-state index contributed by atoms with van der Waals surface area (Å²) in [4.78, 5) is 4.49. The maximum Gasteiger partial charge on any atom is 0.211 e. The van der Waals surface area contributed by atoms with Crippen LogP contribution in [0.5, 0.6) is 0 Å². The van der Waals surface area contributed by atoms with E-state index in [2.05, 4.69) is 20.3 Å². The molecule has 0 amide bonds. The summed E-state index contributed by atoms with van der Waals surface area (Å²) in [7, 11) is -3.11. The Labute approximate surface area is 166 Å². The van der Waals surface area contributed by atoms with E-state index in [1.807, 2.05) is 31.2 Å². The summed E-state index contributed by atoms with van der Waals surface area (Å²) in [6.07, 6.45) is 0.685. The van der Waals surface area contributed by atoms with Gasteiger partial charge in [-0.25, -0.2) is 18.1 Å². The molecule has 24 heavy (non-hydrogen) atoms. The number of hydrogen-bond donors (Lipinski definition) is 3. The van der Waals surface area contributed by atoms with Crippen LogP contribution in [0.25, 0.3) is 0 Å². The van der Waals surface area contributed by atoms with E-state index in [4.69, 9.17) is 11.6 Å². The van der Waals surface area contributed by atoms with Crippen LogP contribution in [0, 0.1) is 0 Å². The van der Waals surface area contributed by atoms with Crippen molar-refractivity contribution in [2.75, 3.05) is 25.4 Å². The molecule has 0 aliphatic carbocycles. The van der Waals surface area contributed by atoms with Crippen molar-refractivity contribution in [3.63, 3.8) is 0 Å². The van der Waals surface area contributed by atoms with Crippen molar-refractivity contribution in [2.24, 2.45) is 4.99 Å². The SMILES string of the molecule is CCNC(=NCc1ccc(Cl)cc1)NCCCNS(=O)(=O)CC.I. The Bertz CT molecular complexity index is 594. The standard InChI is InChI=1S/C15H25ClN4O2S.HI/c1-3-17-15(18-10-5-11-20-23(21,22)4-2)19-12-13-6-8-14(16)9-7-13;/h6-9,20H,3-5,10-12H2,1-2H3,(H2,17,18,19);1H. The van der Waals surface area contributed by atoms with Gasteiger partial charge in [-0.1, -0.05) is 23.7 Å². The van der Waals surface area contributed by atoms with Gasteiger partial charge in [-0.2, -0.15) is 0 Å². The lowest BCUT2D eigenvalue weighted by molar-refractivity contribution is 0.579. The van der Waals surface area contributed by atoms with Crippen LogP contribution in [-0.4, -0.2) is 39.8 Å². The lowest BCUT2D eigenvalue weighted by atomic mass is 10.2. The molecule has 0 saturated heterocycles. The van der Waals surface area contributed by atoms with Gasteiger partial charge in [0.15, 0.2) is 5.96 Å². The fraction of sp³-hybridized carbons (Fsp3) is 0.533. The number of guanidine groups is 1. The summed E-state index contributed by atoms with van der Waals surface area (Å²) in [5, 5.41) is 7.05. The summed E-state index contributed by atoms with van der Waals surface area (Å²) >= 11 is 5.86. The minimum absolute atomic E-state index is 0. The number of halogens is 2. The number of nitrogens with one attached hydrogen (secondary N) is 3. The molecule has 0 atom stereocenters. The van der Waals surface area contributed by atoms with Crippen LogP contribution >= 0.6 is 35.6 Å². The molecule has 1 rings (SSSR count). The number of aliphatic imine (C=N–C) groups is 1. The highest BCUT2D eigenvalue weighted by molar-refractivity contribution is 14.0. The van der Waals surface area contributed by atoms with Crippen molar-refractivity contribution in [3.8, 4) is 0 Å². The van der Waals surface area contributed by atoms with E-state index in [9.17, 15) is 8.42 Å². The maximum absolute atomic E-state index is 11.3. The average molecular weight is 489 g/mol. The molecular formula is C15H26ClIN4O2S. The molecule has 138 valence electrons. The summed E-state index contributed by atoms with van der Waals surface area (Å²) in [5.41, 5.74) is 1.07. The highest BCUT2D eigenvalue weighted by atomic mass is 127. The molecule has 3 N–H and O–H groups in total. The Balaban J connectivity index is 0.00000529. The van der Waals surface area contributed by atoms with Crippen LogP contribution in [0.2, 0.25) is 5.02 Å². The Kier molecular flexibility index (Phi) is 12.4. The van der Waals surface area contributed by atoms with Crippen LogP contribution in [0.1, 0.15) is 25.8 Å². The molecule has 0 spiro atoms. The van der Waals surface area contributed by atoms with E-state index in [0.29, 0.717) is 37.0 Å². The average Bonchev–Trinajstić information content (AvgIpc) is 2.53. The first kappa shape index (κ1) is 23.4. The van der Waals surface area contributed by atoms with Gasteiger partial charge in [-0.15, -0.1) is 24.0 Å². The topological polar surface area (TPSA) is 82.6 Å². The van der Waals surface area contributed by atoms with E-state index >= 15 is 0 Å². The number of benzene rings is 1. The second-order valence-electron chi connectivity index (χ2n) is 4.90. The van der Waals surface area contributed by atoms with Crippen LogP contribution in [0.3, 0.4) is 0 Å². The molecule has 0 aromatic heterocycles. The number of rotatable bonds is 9. The van der Waals surface area contributed by atoms with Gasteiger partial charge in [-0.3, -0.25) is 0 Å². The van der Waals surface area contributed by atoms with Gasteiger partial charge in [-0.05, 0) is 38.0 Å². The Morgan fingerprint density at radius 1 is 1.12 bits per heavy atom. The van der Waals surface area contributed by atoms with Gasteiger partial charge in [0.25, 0.3) is 0 Å². The van der Waals surface area contributed by atoms with Gasteiger partial charge in [0.1, 0.15) is 0 Å². The zero-order valence-electron chi connectivity index (χ0n) is 14.0. The van der Waals surface area contributed by atoms with Crippen molar-refractivity contribution in [2.45, 2.75) is 26.8 Å².